The van der Waals surface area contributed by atoms with Crippen LogP contribution in [-0.2, 0) is 0 Å². The quantitative estimate of drug-likeness (QED) is 0.753. The van der Waals surface area contributed by atoms with E-state index in [0.717, 1.165) is 11.1 Å². The Kier molecular flexibility index (Phi) is 4.34. The van der Waals surface area contributed by atoms with E-state index in [4.69, 9.17) is 5.11 Å². The van der Waals surface area contributed by atoms with Gasteiger partial charge in [-0.25, -0.2) is 0 Å². The molecule has 2 aromatic carbocycles. The van der Waals surface area contributed by atoms with Gasteiger partial charge in [0.25, 0.3) is 0 Å². The van der Waals surface area contributed by atoms with Crippen LogP contribution in [0.25, 0.3) is 0 Å². The summed E-state index contributed by atoms with van der Waals surface area (Å²) >= 11 is 0. The number of hydrogen-bond acceptors (Lipinski definition) is 3. The Hall–Kier alpha value is -1.84. The number of rotatable bonds is 5. The molecule has 0 spiro atoms. The van der Waals surface area contributed by atoms with Crippen LogP contribution in [0.2, 0.25) is 0 Å². The van der Waals surface area contributed by atoms with Gasteiger partial charge in [0.2, 0.25) is 0 Å². The Bertz CT molecular complexity index is 468. The van der Waals surface area contributed by atoms with Crippen molar-refractivity contribution in [1.82, 2.24) is 5.32 Å². The van der Waals surface area contributed by atoms with Crippen LogP contribution < -0.4 is 5.32 Å². The van der Waals surface area contributed by atoms with E-state index in [-0.39, 0.29) is 18.4 Å². The number of aromatic hydroxyl groups is 1. The Morgan fingerprint density at radius 1 is 0.889 bits per heavy atom. The highest BCUT2D eigenvalue weighted by atomic mass is 16.3. The first-order chi connectivity index (χ1) is 8.81. The maximum absolute atomic E-state index is 9.32. The molecule has 1 unspecified atom stereocenters. The van der Waals surface area contributed by atoms with Gasteiger partial charge in [0, 0.05) is 6.54 Å². The summed E-state index contributed by atoms with van der Waals surface area (Å²) in [5.41, 5.74) is 2.20. The number of phenolic OH excluding ortho intramolecular Hbond substituents is 1. The molecule has 0 aliphatic carbocycles. The van der Waals surface area contributed by atoms with Crippen molar-refractivity contribution < 1.29 is 10.2 Å². The number of aliphatic hydroxyl groups is 1. The minimum absolute atomic E-state index is 0.0268. The fourth-order valence-electron chi connectivity index (χ4n) is 1.95. The highest BCUT2D eigenvalue weighted by Crippen LogP contribution is 2.23. The Morgan fingerprint density at radius 2 is 1.50 bits per heavy atom. The van der Waals surface area contributed by atoms with E-state index in [9.17, 15) is 5.11 Å². The molecule has 0 saturated carbocycles. The van der Waals surface area contributed by atoms with Gasteiger partial charge in [0.15, 0.2) is 0 Å². The van der Waals surface area contributed by atoms with Gasteiger partial charge in [-0.1, -0.05) is 42.5 Å². The second-order valence-electron chi connectivity index (χ2n) is 4.11. The second-order valence-corrected chi connectivity index (χ2v) is 4.11. The molecule has 2 rings (SSSR count). The molecule has 1 atom stereocenters. The summed E-state index contributed by atoms with van der Waals surface area (Å²) in [6.07, 6.45) is 0. The van der Waals surface area contributed by atoms with E-state index in [1.54, 1.807) is 12.1 Å². The monoisotopic (exact) mass is 243 g/mol. The average Bonchev–Trinajstić information content (AvgIpc) is 2.42. The Morgan fingerprint density at radius 3 is 2.11 bits per heavy atom. The standard InChI is InChI=1S/C15H17NO2/c17-11-10-16-15(12-4-2-1-3-5-12)13-6-8-14(18)9-7-13/h1-9,15-18H,10-11H2. The molecule has 0 aromatic heterocycles. The average molecular weight is 243 g/mol. The van der Waals surface area contributed by atoms with Crippen molar-refractivity contribution in [3.63, 3.8) is 0 Å². The van der Waals surface area contributed by atoms with E-state index >= 15 is 0 Å². The SMILES string of the molecule is OCCNC(c1ccccc1)c1ccc(O)cc1. The van der Waals surface area contributed by atoms with Crippen molar-refractivity contribution in [3.8, 4) is 5.75 Å². The van der Waals surface area contributed by atoms with Gasteiger partial charge in [-0.3, -0.25) is 0 Å². The third-order valence-corrected chi connectivity index (χ3v) is 2.82. The van der Waals surface area contributed by atoms with Crippen LogP contribution in [-0.4, -0.2) is 23.4 Å². The first kappa shape index (κ1) is 12.6. The first-order valence-electron chi connectivity index (χ1n) is 5.99. The molecular formula is C15H17NO2. The van der Waals surface area contributed by atoms with Gasteiger partial charge < -0.3 is 15.5 Å². The minimum atomic E-state index is 0.0268. The van der Waals surface area contributed by atoms with Gasteiger partial charge in [0.1, 0.15) is 5.75 Å². The van der Waals surface area contributed by atoms with Crippen LogP contribution in [0.5, 0.6) is 5.75 Å². The summed E-state index contributed by atoms with van der Waals surface area (Å²) in [4.78, 5) is 0. The molecule has 3 N–H and O–H groups in total. The van der Waals surface area contributed by atoms with Crippen LogP contribution in [0.3, 0.4) is 0 Å². The summed E-state index contributed by atoms with van der Waals surface area (Å²) < 4.78 is 0. The van der Waals surface area contributed by atoms with Crippen molar-refractivity contribution >= 4 is 0 Å². The number of nitrogens with one attached hydrogen (secondary N) is 1. The molecule has 0 fully saturated rings. The molecule has 2 aromatic rings. The molecule has 0 aliphatic heterocycles. The van der Waals surface area contributed by atoms with E-state index in [1.165, 1.54) is 0 Å². The summed E-state index contributed by atoms with van der Waals surface area (Å²) in [5, 5.41) is 21.6. The van der Waals surface area contributed by atoms with Crippen LogP contribution in [0.4, 0.5) is 0 Å². The van der Waals surface area contributed by atoms with Crippen LogP contribution in [0.15, 0.2) is 54.6 Å². The number of hydrogen-bond donors (Lipinski definition) is 3. The summed E-state index contributed by atoms with van der Waals surface area (Å²) in [6.45, 7) is 0.627. The molecule has 94 valence electrons. The van der Waals surface area contributed by atoms with Crippen LogP contribution in [0, 0.1) is 0 Å². The highest BCUT2D eigenvalue weighted by molar-refractivity contribution is 5.34. The van der Waals surface area contributed by atoms with Crippen LogP contribution in [0.1, 0.15) is 17.2 Å². The lowest BCUT2D eigenvalue weighted by atomic mass is 9.98. The lowest BCUT2D eigenvalue weighted by Crippen LogP contribution is -2.25. The van der Waals surface area contributed by atoms with Gasteiger partial charge >= 0.3 is 0 Å². The fraction of sp³-hybridized carbons (Fsp3) is 0.200. The predicted octanol–water partition coefficient (Wildman–Crippen LogP) is 2.06. The molecule has 3 nitrogen and oxygen atoms in total. The molecule has 0 aliphatic rings. The third kappa shape index (κ3) is 3.09. The summed E-state index contributed by atoms with van der Waals surface area (Å²) in [5.74, 6) is 0.257. The van der Waals surface area contributed by atoms with Crippen molar-refractivity contribution in [3.05, 3.63) is 65.7 Å². The van der Waals surface area contributed by atoms with Crippen molar-refractivity contribution in [2.75, 3.05) is 13.2 Å². The van der Waals surface area contributed by atoms with Crippen molar-refractivity contribution in [1.29, 1.82) is 0 Å². The maximum atomic E-state index is 9.32. The van der Waals surface area contributed by atoms with E-state index in [2.05, 4.69) is 5.32 Å². The third-order valence-electron chi connectivity index (χ3n) is 2.82. The molecule has 0 amide bonds. The molecule has 0 radical (unpaired) electrons. The predicted molar refractivity (Wildman–Crippen MR) is 71.5 cm³/mol. The topological polar surface area (TPSA) is 52.5 Å². The van der Waals surface area contributed by atoms with Gasteiger partial charge in [0.05, 0.1) is 12.6 Å². The molecule has 0 saturated heterocycles. The van der Waals surface area contributed by atoms with E-state index in [0.29, 0.717) is 6.54 Å². The van der Waals surface area contributed by atoms with Crippen molar-refractivity contribution in [2.45, 2.75) is 6.04 Å². The first-order valence-corrected chi connectivity index (χ1v) is 5.99. The molecule has 3 heteroatoms. The largest absolute Gasteiger partial charge is 0.508 e. The fourth-order valence-corrected chi connectivity index (χ4v) is 1.95. The Labute approximate surface area is 107 Å². The zero-order valence-corrected chi connectivity index (χ0v) is 10.1. The lowest BCUT2D eigenvalue weighted by molar-refractivity contribution is 0.288. The highest BCUT2D eigenvalue weighted by Gasteiger charge is 2.12. The van der Waals surface area contributed by atoms with E-state index < -0.39 is 0 Å². The number of benzene rings is 2. The molecule has 0 bridgehead atoms. The zero-order valence-electron chi connectivity index (χ0n) is 10.1. The Balaban J connectivity index is 2.27. The molecule has 0 heterocycles. The zero-order chi connectivity index (χ0) is 12.8. The lowest BCUT2D eigenvalue weighted by Gasteiger charge is -2.19. The van der Waals surface area contributed by atoms with Gasteiger partial charge in [-0.15, -0.1) is 0 Å². The van der Waals surface area contributed by atoms with E-state index in [1.807, 2.05) is 42.5 Å². The van der Waals surface area contributed by atoms with Gasteiger partial charge in [-0.2, -0.15) is 0 Å². The maximum Gasteiger partial charge on any atom is 0.115 e. The van der Waals surface area contributed by atoms with Crippen molar-refractivity contribution in [2.24, 2.45) is 0 Å². The van der Waals surface area contributed by atoms with Crippen LogP contribution >= 0.6 is 0 Å². The van der Waals surface area contributed by atoms with Gasteiger partial charge in [-0.05, 0) is 23.3 Å². The number of phenols is 1. The normalized spacial score (nSPS) is 12.3. The second kappa shape index (κ2) is 6.19. The summed E-state index contributed by atoms with van der Waals surface area (Å²) in [6, 6.07) is 17.2. The minimum Gasteiger partial charge on any atom is -0.508 e. The smallest absolute Gasteiger partial charge is 0.115 e. The molecular weight excluding hydrogens is 226 g/mol. The molecule has 18 heavy (non-hydrogen) atoms. The summed E-state index contributed by atoms with van der Waals surface area (Å²) in [7, 11) is 0. The number of aliphatic hydroxyl groups excluding tert-OH is 1.